The normalized spacial score (nSPS) is 13.0. The van der Waals surface area contributed by atoms with E-state index >= 15 is 0 Å². The first-order chi connectivity index (χ1) is 10.5. The first-order valence-corrected chi connectivity index (χ1v) is 8.51. The van der Waals surface area contributed by atoms with Crippen LogP contribution < -0.4 is 4.72 Å². The van der Waals surface area contributed by atoms with Gasteiger partial charge in [0.15, 0.2) is 0 Å². The van der Waals surface area contributed by atoms with Gasteiger partial charge in [0.1, 0.15) is 6.04 Å². The highest BCUT2D eigenvalue weighted by atomic mass is 35.5. The summed E-state index contributed by atoms with van der Waals surface area (Å²) in [7, 11) is -3.04. The van der Waals surface area contributed by atoms with E-state index in [1.807, 2.05) is 0 Å². The molecule has 1 aromatic carbocycles. The van der Waals surface area contributed by atoms with E-state index < -0.39 is 33.9 Å². The van der Waals surface area contributed by atoms with Crippen LogP contribution in [0.2, 0.25) is 5.02 Å². The Balaban J connectivity index is 3.40. The Morgan fingerprint density at radius 1 is 1.30 bits per heavy atom. The molecule has 23 heavy (non-hydrogen) atoms. The van der Waals surface area contributed by atoms with Gasteiger partial charge in [0, 0.05) is 5.02 Å². The predicted octanol–water partition coefficient (Wildman–Crippen LogP) is 1.82. The van der Waals surface area contributed by atoms with Crippen molar-refractivity contribution in [2.75, 3.05) is 7.11 Å². The second kappa shape index (κ2) is 7.29. The van der Waals surface area contributed by atoms with Crippen molar-refractivity contribution in [1.82, 2.24) is 4.72 Å². The molecule has 0 spiro atoms. The maximum Gasteiger partial charge on any atom is 0.337 e. The molecule has 0 aliphatic carbocycles. The first kappa shape index (κ1) is 19.4. The van der Waals surface area contributed by atoms with Gasteiger partial charge in [-0.3, -0.25) is 4.79 Å². The molecule has 0 amide bonds. The number of aliphatic carboxylic acids is 1. The standard InChI is InChI=1S/C14H18ClNO6S/c1-7(2)12(13(17)18)16-23(20,21)11-6-9(14(19)22-4)5-10(15)8(11)3/h5-7,12,16H,1-4H3,(H,17,18). The highest BCUT2D eigenvalue weighted by molar-refractivity contribution is 7.89. The lowest BCUT2D eigenvalue weighted by atomic mass is 10.1. The third-order valence-corrected chi connectivity index (χ3v) is 5.18. The van der Waals surface area contributed by atoms with Crippen molar-refractivity contribution >= 4 is 33.6 Å². The van der Waals surface area contributed by atoms with Crippen LogP contribution in [0.3, 0.4) is 0 Å². The third kappa shape index (κ3) is 4.43. The summed E-state index contributed by atoms with van der Waals surface area (Å²) >= 11 is 5.97. The number of rotatable bonds is 6. The maximum absolute atomic E-state index is 12.5. The number of sulfonamides is 1. The summed E-state index contributed by atoms with van der Waals surface area (Å²) in [5.74, 6) is -2.51. The molecule has 1 atom stereocenters. The van der Waals surface area contributed by atoms with Gasteiger partial charge in [0.05, 0.1) is 17.6 Å². The quantitative estimate of drug-likeness (QED) is 0.746. The summed E-state index contributed by atoms with van der Waals surface area (Å²) in [6.07, 6.45) is 0. The Morgan fingerprint density at radius 2 is 1.87 bits per heavy atom. The minimum Gasteiger partial charge on any atom is -0.480 e. The van der Waals surface area contributed by atoms with Crippen LogP contribution in [0.5, 0.6) is 0 Å². The zero-order chi connectivity index (χ0) is 17.9. The van der Waals surface area contributed by atoms with Crippen LogP contribution in [0.4, 0.5) is 0 Å². The lowest BCUT2D eigenvalue weighted by molar-refractivity contribution is -0.140. The van der Waals surface area contributed by atoms with Crippen LogP contribution in [0.25, 0.3) is 0 Å². The van der Waals surface area contributed by atoms with Gasteiger partial charge in [-0.25, -0.2) is 13.2 Å². The molecule has 0 aliphatic rings. The minimum absolute atomic E-state index is 0.0418. The number of hydrogen-bond acceptors (Lipinski definition) is 5. The molecule has 0 bridgehead atoms. The Hall–Kier alpha value is -1.64. The van der Waals surface area contributed by atoms with Crippen LogP contribution in [-0.4, -0.2) is 38.6 Å². The number of ether oxygens (including phenoxy) is 1. The zero-order valence-corrected chi connectivity index (χ0v) is 14.7. The molecule has 7 nitrogen and oxygen atoms in total. The van der Waals surface area contributed by atoms with E-state index in [0.717, 1.165) is 13.2 Å². The molecule has 128 valence electrons. The van der Waals surface area contributed by atoms with E-state index in [9.17, 15) is 18.0 Å². The number of carboxylic acid groups (broad SMARTS) is 1. The van der Waals surface area contributed by atoms with E-state index in [1.165, 1.54) is 13.0 Å². The first-order valence-electron chi connectivity index (χ1n) is 6.64. The Labute approximate surface area is 139 Å². The number of hydrogen-bond donors (Lipinski definition) is 2. The third-order valence-electron chi connectivity index (χ3n) is 3.22. The number of benzene rings is 1. The summed E-state index contributed by atoms with van der Waals surface area (Å²) in [5.41, 5.74) is 0.166. The van der Waals surface area contributed by atoms with Crippen LogP contribution in [-0.2, 0) is 19.6 Å². The summed E-state index contributed by atoms with van der Waals surface area (Å²) in [4.78, 5) is 22.5. The smallest absolute Gasteiger partial charge is 0.337 e. The van der Waals surface area contributed by atoms with Gasteiger partial charge in [-0.15, -0.1) is 0 Å². The number of halogens is 1. The highest BCUT2D eigenvalue weighted by Crippen LogP contribution is 2.26. The van der Waals surface area contributed by atoms with E-state index in [2.05, 4.69) is 9.46 Å². The van der Waals surface area contributed by atoms with Crippen LogP contribution >= 0.6 is 11.6 Å². The fourth-order valence-corrected chi connectivity index (χ4v) is 3.78. The van der Waals surface area contributed by atoms with Crippen molar-refractivity contribution in [3.8, 4) is 0 Å². The number of carboxylic acids is 1. The zero-order valence-electron chi connectivity index (χ0n) is 13.1. The SMILES string of the molecule is COC(=O)c1cc(Cl)c(C)c(S(=O)(=O)NC(C(=O)O)C(C)C)c1. The summed E-state index contributed by atoms with van der Waals surface area (Å²) in [6, 6.07) is 1.09. The Kier molecular flexibility index (Phi) is 6.15. The second-order valence-electron chi connectivity index (χ2n) is 5.25. The molecule has 2 N–H and O–H groups in total. The van der Waals surface area contributed by atoms with Crippen molar-refractivity contribution < 1.29 is 27.9 Å². The van der Waals surface area contributed by atoms with Crippen molar-refractivity contribution in [2.45, 2.75) is 31.7 Å². The summed E-state index contributed by atoms with van der Waals surface area (Å²) in [5, 5.41) is 9.19. The van der Waals surface area contributed by atoms with Crippen molar-refractivity contribution in [3.63, 3.8) is 0 Å². The van der Waals surface area contributed by atoms with Gasteiger partial charge in [-0.2, -0.15) is 4.72 Å². The molecular weight excluding hydrogens is 346 g/mol. The number of esters is 1. The molecule has 0 saturated carbocycles. The van der Waals surface area contributed by atoms with E-state index in [-0.39, 0.29) is 21.0 Å². The average Bonchev–Trinajstić information content (AvgIpc) is 2.45. The molecule has 1 unspecified atom stereocenters. The number of carbonyl (C=O) groups is 2. The Bertz CT molecular complexity index is 729. The van der Waals surface area contributed by atoms with Crippen molar-refractivity contribution in [2.24, 2.45) is 5.92 Å². The maximum atomic E-state index is 12.5. The van der Waals surface area contributed by atoms with Gasteiger partial charge in [-0.1, -0.05) is 25.4 Å². The summed E-state index contributed by atoms with van der Waals surface area (Å²) < 4.78 is 31.7. The number of carbonyl (C=O) groups excluding carboxylic acids is 1. The van der Waals surface area contributed by atoms with Gasteiger partial charge >= 0.3 is 11.9 Å². The van der Waals surface area contributed by atoms with Gasteiger partial charge < -0.3 is 9.84 Å². The minimum atomic E-state index is -4.19. The summed E-state index contributed by atoms with van der Waals surface area (Å²) in [6.45, 7) is 4.61. The topological polar surface area (TPSA) is 110 Å². The molecule has 0 aromatic heterocycles. The predicted molar refractivity (Wildman–Crippen MR) is 84.1 cm³/mol. The second-order valence-corrected chi connectivity index (χ2v) is 7.34. The fraction of sp³-hybridized carbons (Fsp3) is 0.429. The average molecular weight is 364 g/mol. The molecule has 1 aromatic rings. The molecule has 1 rings (SSSR count). The molecule has 9 heteroatoms. The van der Waals surface area contributed by atoms with Crippen LogP contribution in [0.1, 0.15) is 29.8 Å². The largest absolute Gasteiger partial charge is 0.480 e. The fourth-order valence-electron chi connectivity index (χ4n) is 1.87. The monoisotopic (exact) mass is 363 g/mol. The Morgan fingerprint density at radius 3 is 2.30 bits per heavy atom. The van der Waals surface area contributed by atoms with E-state index in [4.69, 9.17) is 16.7 Å². The highest BCUT2D eigenvalue weighted by Gasteiger charge is 2.30. The van der Waals surface area contributed by atoms with Gasteiger partial charge in [0.25, 0.3) is 0 Å². The molecular formula is C14H18ClNO6S. The van der Waals surface area contributed by atoms with Crippen LogP contribution in [0.15, 0.2) is 17.0 Å². The number of nitrogens with one attached hydrogen (secondary N) is 1. The lowest BCUT2D eigenvalue weighted by Crippen LogP contribution is -2.44. The van der Waals surface area contributed by atoms with E-state index in [1.54, 1.807) is 13.8 Å². The van der Waals surface area contributed by atoms with Crippen LogP contribution in [0, 0.1) is 12.8 Å². The van der Waals surface area contributed by atoms with Crippen molar-refractivity contribution in [1.29, 1.82) is 0 Å². The molecule has 0 fully saturated rings. The molecule has 0 heterocycles. The molecule has 0 saturated heterocycles. The lowest BCUT2D eigenvalue weighted by Gasteiger charge is -2.19. The molecule has 0 radical (unpaired) electrons. The number of methoxy groups -OCH3 is 1. The van der Waals surface area contributed by atoms with Crippen molar-refractivity contribution in [3.05, 3.63) is 28.3 Å². The van der Waals surface area contributed by atoms with Gasteiger partial charge in [0.2, 0.25) is 10.0 Å². The molecule has 0 aliphatic heterocycles. The van der Waals surface area contributed by atoms with E-state index in [0.29, 0.717) is 0 Å². The van der Waals surface area contributed by atoms with Gasteiger partial charge in [-0.05, 0) is 30.5 Å².